The second kappa shape index (κ2) is 9.88. The van der Waals surface area contributed by atoms with E-state index in [0.29, 0.717) is 18.2 Å². The number of nitrogens with one attached hydrogen (secondary N) is 1. The maximum Gasteiger partial charge on any atom is 0.233 e. The molecular weight excluding hydrogens is 386 g/mol. The third-order valence-electron chi connectivity index (χ3n) is 4.26. The van der Waals surface area contributed by atoms with Crippen LogP contribution < -0.4 is 10.1 Å². The predicted octanol–water partition coefficient (Wildman–Crippen LogP) is 3.33. The van der Waals surface area contributed by atoms with Crippen LogP contribution in [0.2, 0.25) is 0 Å². The van der Waals surface area contributed by atoms with Crippen molar-refractivity contribution in [2.45, 2.75) is 30.4 Å². The van der Waals surface area contributed by atoms with E-state index in [1.54, 1.807) is 25.6 Å². The minimum Gasteiger partial charge on any atom is -0.496 e. The van der Waals surface area contributed by atoms with Crippen molar-refractivity contribution in [2.75, 3.05) is 7.11 Å². The zero-order valence-electron chi connectivity index (χ0n) is 16.4. The van der Waals surface area contributed by atoms with Crippen molar-refractivity contribution < 1.29 is 9.53 Å². The Bertz CT molecular complexity index is 974. The fourth-order valence-electron chi connectivity index (χ4n) is 2.77. The summed E-state index contributed by atoms with van der Waals surface area (Å²) in [7, 11) is 1.62. The van der Waals surface area contributed by atoms with E-state index in [4.69, 9.17) is 4.74 Å². The van der Waals surface area contributed by atoms with Gasteiger partial charge < -0.3 is 10.1 Å². The third kappa shape index (κ3) is 5.03. The van der Waals surface area contributed by atoms with Gasteiger partial charge in [0.05, 0.1) is 12.4 Å². The van der Waals surface area contributed by atoms with Gasteiger partial charge in [-0.15, -0.1) is 16.8 Å². The molecule has 150 valence electrons. The van der Waals surface area contributed by atoms with Crippen molar-refractivity contribution in [2.24, 2.45) is 0 Å². The van der Waals surface area contributed by atoms with Gasteiger partial charge in [0, 0.05) is 36.6 Å². The van der Waals surface area contributed by atoms with Gasteiger partial charge in [0.25, 0.3) is 0 Å². The molecule has 0 radical (unpaired) electrons. The minimum absolute atomic E-state index is 0.0838. The van der Waals surface area contributed by atoms with Crippen LogP contribution in [0.15, 0.2) is 66.6 Å². The van der Waals surface area contributed by atoms with Crippen LogP contribution in [0.4, 0.5) is 0 Å². The Labute approximate surface area is 174 Å². The average molecular weight is 410 g/mol. The Morgan fingerprint density at radius 2 is 2.03 bits per heavy atom. The molecule has 0 aliphatic rings. The van der Waals surface area contributed by atoms with Gasteiger partial charge in [0.1, 0.15) is 5.75 Å². The topological polar surface area (TPSA) is 81.9 Å². The van der Waals surface area contributed by atoms with E-state index >= 15 is 0 Å². The number of thioether (sulfide) groups is 1. The lowest BCUT2D eigenvalue weighted by molar-refractivity contribution is -0.120. The molecular formula is C21H23N5O2S. The summed E-state index contributed by atoms with van der Waals surface area (Å²) in [5.41, 5.74) is 1.84. The number of aromatic nitrogens is 4. The second-order valence-corrected chi connectivity index (χ2v) is 7.54. The molecule has 1 atom stereocenters. The number of para-hydroxylation sites is 1. The normalized spacial score (nSPS) is 11.7. The van der Waals surface area contributed by atoms with Gasteiger partial charge in [-0.25, -0.2) is 0 Å². The number of carbonyl (C=O) groups is 1. The van der Waals surface area contributed by atoms with E-state index in [2.05, 4.69) is 27.1 Å². The first kappa shape index (κ1) is 20.6. The first-order chi connectivity index (χ1) is 14.1. The third-order valence-corrected chi connectivity index (χ3v) is 5.34. The van der Waals surface area contributed by atoms with Gasteiger partial charge in [-0.3, -0.25) is 14.3 Å². The standard InChI is InChI=1S/C21H23N5O2S/c1-4-13-26-19(16-9-11-22-12-10-16)24-25-21(26)29-15(2)20(27)23-14-17-7-5-6-8-18(17)28-3/h4-12,15H,1,13-14H2,2-3H3,(H,23,27)/t15-/m1/s1. The number of benzene rings is 1. The Balaban J connectivity index is 1.69. The van der Waals surface area contributed by atoms with Crippen molar-refractivity contribution in [1.29, 1.82) is 0 Å². The van der Waals surface area contributed by atoms with Crippen molar-refractivity contribution in [1.82, 2.24) is 25.1 Å². The lowest BCUT2D eigenvalue weighted by atomic mass is 10.2. The number of methoxy groups -OCH3 is 1. The van der Waals surface area contributed by atoms with Gasteiger partial charge >= 0.3 is 0 Å². The van der Waals surface area contributed by atoms with Crippen molar-refractivity contribution in [3.05, 3.63) is 67.0 Å². The van der Waals surface area contributed by atoms with E-state index in [-0.39, 0.29) is 11.2 Å². The van der Waals surface area contributed by atoms with E-state index in [0.717, 1.165) is 22.7 Å². The fourth-order valence-corrected chi connectivity index (χ4v) is 3.65. The Kier molecular flexibility index (Phi) is 7.02. The lowest BCUT2D eigenvalue weighted by Crippen LogP contribution is -2.30. The maximum absolute atomic E-state index is 12.6. The van der Waals surface area contributed by atoms with Gasteiger partial charge in [0.2, 0.25) is 5.91 Å². The molecule has 0 aliphatic carbocycles. The van der Waals surface area contributed by atoms with Gasteiger partial charge in [-0.2, -0.15) is 0 Å². The SMILES string of the molecule is C=CCn1c(S[C@H](C)C(=O)NCc2ccccc2OC)nnc1-c1ccncc1. The van der Waals surface area contributed by atoms with Crippen LogP contribution in [-0.4, -0.2) is 38.0 Å². The summed E-state index contributed by atoms with van der Waals surface area (Å²) in [5.74, 6) is 1.39. The van der Waals surface area contributed by atoms with Crippen molar-refractivity contribution in [3.8, 4) is 17.1 Å². The van der Waals surface area contributed by atoms with E-state index in [9.17, 15) is 4.79 Å². The summed E-state index contributed by atoms with van der Waals surface area (Å²) in [4.78, 5) is 16.6. The van der Waals surface area contributed by atoms with Crippen LogP contribution in [0.5, 0.6) is 5.75 Å². The van der Waals surface area contributed by atoms with Crippen LogP contribution in [0.3, 0.4) is 0 Å². The Morgan fingerprint density at radius 3 is 2.76 bits per heavy atom. The number of rotatable bonds is 9. The zero-order valence-corrected chi connectivity index (χ0v) is 17.2. The van der Waals surface area contributed by atoms with E-state index in [1.165, 1.54) is 11.8 Å². The van der Waals surface area contributed by atoms with E-state index < -0.39 is 0 Å². The molecule has 29 heavy (non-hydrogen) atoms. The highest BCUT2D eigenvalue weighted by molar-refractivity contribution is 8.00. The molecule has 2 aromatic heterocycles. The number of amides is 1. The van der Waals surface area contributed by atoms with Crippen molar-refractivity contribution in [3.63, 3.8) is 0 Å². The molecule has 0 spiro atoms. The average Bonchev–Trinajstić information content (AvgIpc) is 3.15. The zero-order chi connectivity index (χ0) is 20.6. The molecule has 1 aromatic carbocycles. The molecule has 0 aliphatic heterocycles. The molecule has 0 fully saturated rings. The van der Waals surface area contributed by atoms with Crippen LogP contribution in [0.1, 0.15) is 12.5 Å². The largest absolute Gasteiger partial charge is 0.496 e. The van der Waals surface area contributed by atoms with Gasteiger partial charge in [0.15, 0.2) is 11.0 Å². The number of pyridine rings is 1. The molecule has 2 heterocycles. The second-order valence-electron chi connectivity index (χ2n) is 6.23. The first-order valence-corrected chi connectivity index (χ1v) is 10.0. The molecule has 0 saturated carbocycles. The summed E-state index contributed by atoms with van der Waals surface area (Å²) in [6, 6.07) is 11.4. The molecule has 3 rings (SSSR count). The quantitative estimate of drug-likeness (QED) is 0.431. The smallest absolute Gasteiger partial charge is 0.233 e. The monoisotopic (exact) mass is 409 g/mol. The van der Waals surface area contributed by atoms with Crippen molar-refractivity contribution >= 4 is 17.7 Å². The highest BCUT2D eigenvalue weighted by atomic mass is 32.2. The first-order valence-electron chi connectivity index (χ1n) is 9.14. The number of carbonyl (C=O) groups excluding carboxylic acids is 1. The number of hydrogen-bond acceptors (Lipinski definition) is 6. The van der Waals surface area contributed by atoms with Crippen LogP contribution >= 0.6 is 11.8 Å². The number of allylic oxidation sites excluding steroid dienone is 1. The molecule has 8 heteroatoms. The minimum atomic E-state index is -0.345. The summed E-state index contributed by atoms with van der Waals surface area (Å²) in [5, 5.41) is 11.9. The van der Waals surface area contributed by atoms with Gasteiger partial charge in [-0.05, 0) is 25.1 Å². The molecule has 0 unspecified atom stereocenters. The maximum atomic E-state index is 12.6. The van der Waals surface area contributed by atoms with Gasteiger partial charge in [-0.1, -0.05) is 36.0 Å². The molecule has 1 amide bonds. The molecule has 0 bridgehead atoms. The van der Waals surface area contributed by atoms with Crippen LogP contribution in [0, 0.1) is 0 Å². The highest BCUT2D eigenvalue weighted by Crippen LogP contribution is 2.27. The summed E-state index contributed by atoms with van der Waals surface area (Å²) >= 11 is 1.36. The Hall–Kier alpha value is -3.13. The summed E-state index contributed by atoms with van der Waals surface area (Å²) in [6.07, 6.45) is 5.20. The summed E-state index contributed by atoms with van der Waals surface area (Å²) < 4.78 is 7.27. The van der Waals surface area contributed by atoms with Crippen LogP contribution in [0.25, 0.3) is 11.4 Å². The fraction of sp³-hybridized carbons (Fsp3) is 0.238. The predicted molar refractivity (Wildman–Crippen MR) is 114 cm³/mol. The molecule has 7 nitrogen and oxygen atoms in total. The summed E-state index contributed by atoms with van der Waals surface area (Å²) in [6.45, 7) is 6.61. The lowest BCUT2D eigenvalue weighted by Gasteiger charge is -2.14. The van der Waals surface area contributed by atoms with Crippen LogP contribution in [-0.2, 0) is 17.9 Å². The highest BCUT2D eigenvalue weighted by Gasteiger charge is 2.20. The number of hydrogen-bond donors (Lipinski definition) is 1. The number of nitrogens with zero attached hydrogens (tertiary/aromatic N) is 4. The Morgan fingerprint density at radius 1 is 1.28 bits per heavy atom. The molecule has 0 saturated heterocycles. The molecule has 1 N–H and O–H groups in total. The number of ether oxygens (including phenoxy) is 1. The van der Waals surface area contributed by atoms with E-state index in [1.807, 2.05) is 47.9 Å². The molecule has 3 aromatic rings.